The van der Waals surface area contributed by atoms with E-state index < -0.39 is 22.6 Å². The molecule has 1 amide bonds. The van der Waals surface area contributed by atoms with E-state index >= 15 is 0 Å². The summed E-state index contributed by atoms with van der Waals surface area (Å²) in [6.07, 6.45) is -2.40. The van der Waals surface area contributed by atoms with Gasteiger partial charge >= 0.3 is 6.18 Å². The molecule has 0 aliphatic rings. The number of nitro groups is 1. The fourth-order valence-electron chi connectivity index (χ4n) is 1.91. The summed E-state index contributed by atoms with van der Waals surface area (Å²) in [6, 6.07) is 7.62. The van der Waals surface area contributed by atoms with Crippen molar-refractivity contribution in [2.45, 2.75) is 6.18 Å². The Bertz CT molecular complexity index is 848. The Morgan fingerprint density at radius 1 is 1.20 bits per heavy atom. The van der Waals surface area contributed by atoms with E-state index in [4.69, 9.17) is 10.5 Å². The number of primary amides is 1. The van der Waals surface area contributed by atoms with Crippen molar-refractivity contribution in [3.8, 4) is 11.5 Å². The van der Waals surface area contributed by atoms with E-state index in [1.807, 2.05) is 0 Å². The van der Waals surface area contributed by atoms with Gasteiger partial charge in [-0.1, -0.05) is 6.07 Å². The van der Waals surface area contributed by atoms with Crippen LogP contribution in [0.1, 0.15) is 11.1 Å². The summed E-state index contributed by atoms with van der Waals surface area (Å²) in [5.41, 5.74) is 3.92. The van der Waals surface area contributed by atoms with Crippen LogP contribution in [0.15, 0.2) is 48.5 Å². The van der Waals surface area contributed by atoms with Gasteiger partial charge in [-0.2, -0.15) is 13.2 Å². The quantitative estimate of drug-likeness (QED) is 0.501. The molecule has 0 heterocycles. The van der Waals surface area contributed by atoms with Gasteiger partial charge in [-0.25, -0.2) is 0 Å². The van der Waals surface area contributed by atoms with Crippen LogP contribution in [0.4, 0.5) is 18.9 Å². The lowest BCUT2D eigenvalue weighted by Gasteiger charge is -2.11. The predicted molar refractivity (Wildman–Crippen MR) is 82.8 cm³/mol. The first kappa shape index (κ1) is 18.0. The van der Waals surface area contributed by atoms with Crippen molar-refractivity contribution in [3.63, 3.8) is 0 Å². The molecule has 0 bridgehead atoms. The number of nitrogens with zero attached hydrogens (tertiary/aromatic N) is 1. The van der Waals surface area contributed by atoms with E-state index in [9.17, 15) is 28.1 Å². The van der Waals surface area contributed by atoms with Crippen LogP contribution in [-0.4, -0.2) is 10.8 Å². The number of carbonyl (C=O) groups excluding carboxylic acids is 1. The number of halogens is 3. The molecule has 0 fully saturated rings. The smallest absolute Gasteiger partial charge is 0.416 e. The van der Waals surface area contributed by atoms with E-state index in [0.29, 0.717) is 0 Å². The molecule has 0 unspecified atom stereocenters. The zero-order valence-electron chi connectivity index (χ0n) is 12.5. The number of amides is 1. The van der Waals surface area contributed by atoms with Crippen LogP contribution in [0.5, 0.6) is 11.5 Å². The maximum Gasteiger partial charge on any atom is 0.416 e. The molecule has 2 aromatic carbocycles. The lowest BCUT2D eigenvalue weighted by Crippen LogP contribution is -2.05. The van der Waals surface area contributed by atoms with Crippen LogP contribution in [0, 0.1) is 10.1 Å². The fraction of sp³-hybridized carbons (Fsp3) is 0.0625. The van der Waals surface area contributed by atoms with Gasteiger partial charge in [0.05, 0.1) is 10.5 Å². The number of ether oxygens (including phenoxy) is 1. The average Bonchev–Trinajstić information content (AvgIpc) is 2.53. The van der Waals surface area contributed by atoms with Crippen molar-refractivity contribution < 1.29 is 27.6 Å². The Hall–Kier alpha value is -3.36. The first-order valence-corrected chi connectivity index (χ1v) is 6.78. The van der Waals surface area contributed by atoms with E-state index in [-0.39, 0.29) is 22.7 Å². The minimum atomic E-state index is -4.54. The lowest BCUT2D eigenvalue weighted by molar-refractivity contribution is -0.384. The highest BCUT2D eigenvalue weighted by Gasteiger charge is 2.30. The number of nitrogens with two attached hydrogens (primary N) is 1. The molecule has 2 N–H and O–H groups in total. The zero-order chi connectivity index (χ0) is 18.6. The number of carbonyl (C=O) groups is 1. The molecule has 2 rings (SSSR count). The van der Waals surface area contributed by atoms with Crippen molar-refractivity contribution in [1.29, 1.82) is 0 Å². The molecule has 9 heteroatoms. The number of alkyl halides is 3. The maximum absolute atomic E-state index is 12.7. The van der Waals surface area contributed by atoms with Gasteiger partial charge in [0.1, 0.15) is 11.5 Å². The highest BCUT2D eigenvalue weighted by Crippen LogP contribution is 2.34. The Balaban J connectivity index is 2.41. The molecule has 0 radical (unpaired) electrons. The van der Waals surface area contributed by atoms with Crippen molar-refractivity contribution in [1.82, 2.24) is 0 Å². The molecular formula is C16H11F3N2O4. The van der Waals surface area contributed by atoms with Gasteiger partial charge in [0.25, 0.3) is 5.69 Å². The highest BCUT2D eigenvalue weighted by molar-refractivity contribution is 5.90. The van der Waals surface area contributed by atoms with Crippen LogP contribution in [0.2, 0.25) is 0 Å². The Morgan fingerprint density at radius 2 is 1.92 bits per heavy atom. The molecule has 0 atom stereocenters. The highest BCUT2D eigenvalue weighted by atomic mass is 19.4. The van der Waals surface area contributed by atoms with Gasteiger partial charge in [0.15, 0.2) is 0 Å². The van der Waals surface area contributed by atoms with Gasteiger partial charge in [0, 0.05) is 23.8 Å². The third-order valence-corrected chi connectivity index (χ3v) is 3.02. The molecule has 0 aliphatic heterocycles. The largest absolute Gasteiger partial charge is 0.457 e. The number of non-ortho nitro benzene ring substituents is 1. The lowest BCUT2D eigenvalue weighted by atomic mass is 10.1. The summed E-state index contributed by atoms with van der Waals surface area (Å²) >= 11 is 0. The van der Waals surface area contributed by atoms with Gasteiger partial charge in [0.2, 0.25) is 5.91 Å². The average molecular weight is 352 g/mol. The summed E-state index contributed by atoms with van der Waals surface area (Å²) in [5, 5.41) is 10.8. The second-order valence-corrected chi connectivity index (χ2v) is 4.84. The molecule has 25 heavy (non-hydrogen) atoms. The van der Waals surface area contributed by atoms with E-state index in [2.05, 4.69) is 0 Å². The van der Waals surface area contributed by atoms with Crippen LogP contribution in [0.3, 0.4) is 0 Å². The van der Waals surface area contributed by atoms with Gasteiger partial charge in [-0.15, -0.1) is 0 Å². The summed E-state index contributed by atoms with van der Waals surface area (Å²) in [4.78, 5) is 21.0. The predicted octanol–water partition coefficient (Wildman–Crippen LogP) is 3.90. The molecule has 0 spiro atoms. The van der Waals surface area contributed by atoms with Gasteiger partial charge < -0.3 is 10.5 Å². The van der Waals surface area contributed by atoms with E-state index in [0.717, 1.165) is 30.3 Å². The second-order valence-electron chi connectivity index (χ2n) is 4.84. The number of nitro benzene ring substituents is 1. The molecule has 2 aromatic rings. The normalized spacial score (nSPS) is 11.5. The Labute approximate surface area is 139 Å². The first-order chi connectivity index (χ1) is 11.7. The van der Waals surface area contributed by atoms with Crippen LogP contribution in [0.25, 0.3) is 6.08 Å². The maximum atomic E-state index is 12.7. The molecule has 6 nitrogen and oxygen atoms in total. The number of benzene rings is 2. The molecule has 0 saturated carbocycles. The monoisotopic (exact) mass is 352 g/mol. The number of hydrogen-bond acceptors (Lipinski definition) is 4. The topological polar surface area (TPSA) is 95.5 Å². The SMILES string of the molecule is NC(=O)/C=C\c1cc([N+](=O)[O-])ccc1Oc1cccc(C(F)(F)F)c1. The summed E-state index contributed by atoms with van der Waals surface area (Å²) < 4.78 is 43.6. The van der Waals surface area contributed by atoms with E-state index in [1.54, 1.807) is 0 Å². The fourth-order valence-corrected chi connectivity index (χ4v) is 1.91. The van der Waals surface area contributed by atoms with Crippen molar-refractivity contribution >= 4 is 17.7 Å². The van der Waals surface area contributed by atoms with Crippen LogP contribution < -0.4 is 10.5 Å². The summed E-state index contributed by atoms with van der Waals surface area (Å²) in [7, 11) is 0. The third kappa shape index (κ3) is 4.80. The molecule has 130 valence electrons. The Morgan fingerprint density at radius 3 is 2.52 bits per heavy atom. The van der Waals surface area contributed by atoms with Crippen LogP contribution >= 0.6 is 0 Å². The Kier molecular flexibility index (Phi) is 5.06. The first-order valence-electron chi connectivity index (χ1n) is 6.78. The molecule has 0 aliphatic carbocycles. The molecule has 0 saturated heterocycles. The zero-order valence-corrected chi connectivity index (χ0v) is 12.5. The van der Waals surface area contributed by atoms with Gasteiger partial charge in [-0.05, 0) is 30.3 Å². The molecule has 0 aromatic heterocycles. The standard InChI is InChI=1S/C16H11F3N2O4/c17-16(18,19)11-2-1-3-13(9-11)25-14-6-5-12(21(23)24)8-10(14)4-7-15(20)22/h1-9H,(H2,20,22)/b7-4-. The van der Waals surface area contributed by atoms with Crippen molar-refractivity contribution in [2.75, 3.05) is 0 Å². The summed E-state index contributed by atoms with van der Waals surface area (Å²) in [5.74, 6) is -0.878. The van der Waals surface area contributed by atoms with E-state index in [1.165, 1.54) is 24.3 Å². The minimum absolute atomic E-state index is 0.0300. The number of hydrogen-bond donors (Lipinski definition) is 1. The second kappa shape index (κ2) is 7.04. The minimum Gasteiger partial charge on any atom is -0.457 e. The van der Waals surface area contributed by atoms with Crippen LogP contribution in [-0.2, 0) is 11.0 Å². The van der Waals surface area contributed by atoms with Gasteiger partial charge in [-0.3, -0.25) is 14.9 Å². The number of rotatable bonds is 5. The van der Waals surface area contributed by atoms with Crippen molar-refractivity contribution in [3.05, 3.63) is 69.8 Å². The van der Waals surface area contributed by atoms with Crippen molar-refractivity contribution in [2.24, 2.45) is 5.73 Å². The molecular weight excluding hydrogens is 341 g/mol. The summed E-state index contributed by atoms with van der Waals surface area (Å²) in [6.45, 7) is 0. The third-order valence-electron chi connectivity index (χ3n) is 3.02.